The van der Waals surface area contributed by atoms with Gasteiger partial charge in [-0.15, -0.1) is 0 Å². The second-order valence-electron chi connectivity index (χ2n) is 8.24. The van der Waals surface area contributed by atoms with Crippen LogP contribution in [0.5, 0.6) is 17.2 Å². The second-order valence-corrected chi connectivity index (χ2v) is 8.24. The highest BCUT2D eigenvalue weighted by Crippen LogP contribution is 2.40. The molecular weight excluding hydrogens is 384 g/mol. The smallest absolute Gasteiger partial charge is 0.303 e. The van der Waals surface area contributed by atoms with Crippen LogP contribution in [0.15, 0.2) is 12.1 Å². The molecule has 30 heavy (non-hydrogen) atoms. The largest absolute Gasteiger partial charge is 0.493 e. The monoisotopic (exact) mass is 420 g/mol. The number of benzene rings is 1. The van der Waals surface area contributed by atoms with E-state index in [-0.39, 0.29) is 6.42 Å². The highest BCUT2D eigenvalue weighted by Gasteiger charge is 2.26. The van der Waals surface area contributed by atoms with Gasteiger partial charge in [-0.25, -0.2) is 0 Å². The van der Waals surface area contributed by atoms with Crippen LogP contribution in [0.3, 0.4) is 0 Å². The first kappa shape index (κ1) is 22.7. The van der Waals surface area contributed by atoms with E-state index in [1.807, 2.05) is 12.1 Å². The van der Waals surface area contributed by atoms with Gasteiger partial charge in [0.05, 0.1) is 20.8 Å². The van der Waals surface area contributed by atoms with Crippen molar-refractivity contribution in [1.82, 2.24) is 9.80 Å². The lowest BCUT2D eigenvalue weighted by Gasteiger charge is -2.41. The molecule has 1 aromatic carbocycles. The number of methoxy groups -OCH3 is 2. The van der Waals surface area contributed by atoms with Gasteiger partial charge >= 0.3 is 5.97 Å². The van der Waals surface area contributed by atoms with E-state index >= 15 is 0 Å². The molecule has 0 amide bonds. The highest BCUT2D eigenvalue weighted by atomic mass is 16.5. The Bertz CT molecular complexity index is 682. The third kappa shape index (κ3) is 6.01. The van der Waals surface area contributed by atoms with Crippen molar-refractivity contribution in [1.29, 1.82) is 0 Å². The molecule has 0 unspecified atom stereocenters. The molecule has 168 valence electrons. The molecule has 3 rings (SSSR count). The Morgan fingerprint density at radius 3 is 2.40 bits per heavy atom. The molecule has 1 heterocycles. The van der Waals surface area contributed by atoms with Crippen molar-refractivity contribution in [3.8, 4) is 17.2 Å². The predicted octanol–water partition coefficient (Wildman–Crippen LogP) is 3.40. The molecule has 7 nitrogen and oxygen atoms in total. The van der Waals surface area contributed by atoms with Crippen LogP contribution in [0.1, 0.15) is 50.5 Å². The molecule has 1 saturated heterocycles. The number of aliphatic carboxylic acids is 1. The van der Waals surface area contributed by atoms with Crippen molar-refractivity contribution in [3.05, 3.63) is 17.7 Å². The molecule has 1 aliphatic heterocycles. The van der Waals surface area contributed by atoms with Crippen LogP contribution >= 0.6 is 0 Å². The van der Waals surface area contributed by atoms with E-state index in [2.05, 4.69) is 9.80 Å². The van der Waals surface area contributed by atoms with Crippen LogP contribution in [0, 0.1) is 0 Å². The molecule has 0 spiro atoms. The van der Waals surface area contributed by atoms with Gasteiger partial charge in [-0.1, -0.05) is 25.3 Å². The van der Waals surface area contributed by atoms with Crippen LogP contribution in [0.2, 0.25) is 0 Å². The molecule has 1 aliphatic carbocycles. The van der Waals surface area contributed by atoms with E-state index < -0.39 is 5.97 Å². The topological polar surface area (TPSA) is 71.5 Å². The van der Waals surface area contributed by atoms with Gasteiger partial charge in [-0.2, -0.15) is 0 Å². The zero-order valence-corrected chi connectivity index (χ0v) is 18.4. The SMILES string of the molecule is COc1ccc(CN2CCN(C3CCCCC3)CC2)c(OCCCC(=O)O)c1OC. The molecule has 2 aliphatic rings. The van der Waals surface area contributed by atoms with Crippen LogP contribution in [-0.4, -0.2) is 73.9 Å². The number of ether oxygens (including phenoxy) is 3. The molecular formula is C23H36N2O5. The number of carboxylic acid groups (broad SMARTS) is 1. The second kappa shape index (κ2) is 11.4. The molecule has 0 aromatic heterocycles. The minimum atomic E-state index is -0.813. The molecule has 1 saturated carbocycles. The molecule has 1 aromatic rings. The fourth-order valence-corrected chi connectivity index (χ4v) is 4.59. The van der Waals surface area contributed by atoms with Gasteiger partial charge in [-0.05, 0) is 25.3 Å². The quantitative estimate of drug-likeness (QED) is 0.582. The summed E-state index contributed by atoms with van der Waals surface area (Å²) in [7, 11) is 3.21. The van der Waals surface area contributed by atoms with E-state index in [4.69, 9.17) is 19.3 Å². The Kier molecular flexibility index (Phi) is 8.63. The summed E-state index contributed by atoms with van der Waals surface area (Å²) in [6, 6.07) is 4.72. The summed E-state index contributed by atoms with van der Waals surface area (Å²) in [6.45, 7) is 5.44. The minimum absolute atomic E-state index is 0.0880. The number of carboxylic acids is 1. The predicted molar refractivity (Wildman–Crippen MR) is 116 cm³/mol. The summed E-state index contributed by atoms with van der Waals surface area (Å²) in [4.78, 5) is 15.9. The van der Waals surface area contributed by atoms with Crippen LogP contribution < -0.4 is 14.2 Å². The van der Waals surface area contributed by atoms with Gasteiger partial charge in [0.25, 0.3) is 0 Å². The van der Waals surface area contributed by atoms with Gasteiger partial charge in [-0.3, -0.25) is 14.6 Å². The van der Waals surface area contributed by atoms with Crippen molar-refractivity contribution in [2.24, 2.45) is 0 Å². The summed E-state index contributed by atoms with van der Waals surface area (Å²) >= 11 is 0. The number of hydrogen-bond acceptors (Lipinski definition) is 6. The number of piperazine rings is 1. The normalized spacial score (nSPS) is 18.9. The zero-order chi connectivity index (χ0) is 21.3. The lowest BCUT2D eigenvalue weighted by Crippen LogP contribution is -2.50. The van der Waals surface area contributed by atoms with Gasteiger partial charge in [0.1, 0.15) is 0 Å². The maximum atomic E-state index is 10.8. The van der Waals surface area contributed by atoms with Crippen molar-refractivity contribution in [3.63, 3.8) is 0 Å². The Balaban J connectivity index is 1.63. The Hall–Kier alpha value is -1.99. The van der Waals surface area contributed by atoms with E-state index in [0.717, 1.165) is 44.3 Å². The number of hydrogen-bond donors (Lipinski definition) is 1. The van der Waals surface area contributed by atoms with E-state index in [9.17, 15) is 4.79 Å². The molecule has 0 atom stereocenters. The Labute approximate surface area is 179 Å². The van der Waals surface area contributed by atoms with E-state index in [1.54, 1.807) is 14.2 Å². The van der Waals surface area contributed by atoms with Crippen LogP contribution in [-0.2, 0) is 11.3 Å². The molecule has 1 N–H and O–H groups in total. The summed E-state index contributed by atoms with van der Waals surface area (Å²) in [5.41, 5.74) is 1.05. The summed E-state index contributed by atoms with van der Waals surface area (Å²) in [6.07, 6.45) is 7.39. The van der Waals surface area contributed by atoms with Crippen molar-refractivity contribution < 1.29 is 24.1 Å². The average Bonchev–Trinajstić information content (AvgIpc) is 2.78. The van der Waals surface area contributed by atoms with Crippen LogP contribution in [0.25, 0.3) is 0 Å². The average molecular weight is 421 g/mol. The first-order chi connectivity index (χ1) is 14.6. The minimum Gasteiger partial charge on any atom is -0.493 e. The third-order valence-electron chi connectivity index (χ3n) is 6.25. The first-order valence-electron chi connectivity index (χ1n) is 11.2. The molecule has 2 fully saturated rings. The molecule has 0 radical (unpaired) electrons. The molecule has 0 bridgehead atoms. The number of nitrogens with zero attached hydrogens (tertiary/aromatic N) is 2. The Morgan fingerprint density at radius 1 is 1.03 bits per heavy atom. The standard InChI is InChI=1S/C23H36N2O5/c1-28-20-11-10-18(22(23(20)29-2)30-16-6-9-21(26)27)17-24-12-14-25(15-13-24)19-7-4-3-5-8-19/h10-11,19H,3-9,12-17H2,1-2H3,(H,26,27). The van der Waals surface area contributed by atoms with Crippen molar-refractivity contribution >= 4 is 5.97 Å². The maximum absolute atomic E-state index is 10.8. The summed E-state index contributed by atoms with van der Waals surface area (Å²) < 4.78 is 17.0. The summed E-state index contributed by atoms with van der Waals surface area (Å²) in [5.74, 6) is 1.05. The van der Waals surface area contributed by atoms with Gasteiger partial charge in [0.15, 0.2) is 11.5 Å². The third-order valence-corrected chi connectivity index (χ3v) is 6.25. The Morgan fingerprint density at radius 2 is 1.77 bits per heavy atom. The first-order valence-corrected chi connectivity index (χ1v) is 11.2. The fraction of sp³-hybridized carbons (Fsp3) is 0.696. The van der Waals surface area contributed by atoms with Gasteiger partial charge in [0.2, 0.25) is 5.75 Å². The summed E-state index contributed by atoms with van der Waals surface area (Å²) in [5, 5.41) is 8.87. The van der Waals surface area contributed by atoms with E-state index in [1.165, 1.54) is 32.1 Å². The lowest BCUT2D eigenvalue weighted by molar-refractivity contribution is -0.137. The maximum Gasteiger partial charge on any atom is 0.303 e. The fourth-order valence-electron chi connectivity index (χ4n) is 4.59. The van der Waals surface area contributed by atoms with Crippen molar-refractivity contribution in [2.45, 2.75) is 57.5 Å². The highest BCUT2D eigenvalue weighted by molar-refractivity contribution is 5.66. The van der Waals surface area contributed by atoms with Gasteiger partial charge < -0.3 is 19.3 Å². The zero-order valence-electron chi connectivity index (χ0n) is 18.4. The lowest BCUT2D eigenvalue weighted by atomic mass is 9.94. The van der Waals surface area contributed by atoms with Crippen LogP contribution in [0.4, 0.5) is 0 Å². The number of carbonyl (C=O) groups is 1. The van der Waals surface area contributed by atoms with Crippen molar-refractivity contribution in [2.75, 3.05) is 47.0 Å². The van der Waals surface area contributed by atoms with Gasteiger partial charge in [0, 0.05) is 50.7 Å². The molecule has 7 heteroatoms. The number of rotatable bonds is 10. The van der Waals surface area contributed by atoms with E-state index in [0.29, 0.717) is 30.3 Å².